The largest absolute Gasteiger partial charge is 0.368 e. The van der Waals surface area contributed by atoms with Gasteiger partial charge < -0.3 is 11.1 Å². The van der Waals surface area contributed by atoms with Gasteiger partial charge in [0.15, 0.2) is 0 Å². The molecule has 14 heavy (non-hydrogen) atoms. The first-order valence-electron chi connectivity index (χ1n) is 5.44. The topological polar surface area (TPSA) is 58.4 Å². The summed E-state index contributed by atoms with van der Waals surface area (Å²) < 4.78 is 0. The number of nitrogens with one attached hydrogen (secondary N) is 1. The van der Waals surface area contributed by atoms with Gasteiger partial charge in [-0.1, -0.05) is 6.92 Å². The number of amides is 1. The molecule has 80 valence electrons. The summed E-state index contributed by atoms with van der Waals surface area (Å²) in [5, 5.41) is 3.22. The van der Waals surface area contributed by atoms with Crippen LogP contribution in [0.4, 0.5) is 0 Å². The molecular weight excluding hydrogens is 178 g/mol. The van der Waals surface area contributed by atoms with Gasteiger partial charge in [0.1, 0.15) is 6.04 Å². The van der Waals surface area contributed by atoms with Crippen molar-refractivity contribution in [1.29, 1.82) is 0 Å². The highest BCUT2D eigenvalue weighted by atomic mass is 16.1. The van der Waals surface area contributed by atoms with Crippen molar-refractivity contribution in [1.82, 2.24) is 10.2 Å². The Morgan fingerprint density at radius 1 is 1.50 bits per heavy atom. The Morgan fingerprint density at radius 2 is 2.21 bits per heavy atom. The van der Waals surface area contributed by atoms with E-state index in [1.54, 1.807) is 0 Å². The van der Waals surface area contributed by atoms with Crippen LogP contribution in [0.5, 0.6) is 0 Å². The molecule has 2 fully saturated rings. The molecule has 2 aliphatic rings. The van der Waals surface area contributed by atoms with Crippen LogP contribution in [0.3, 0.4) is 0 Å². The number of carbonyl (C=O) groups excluding carboxylic acids is 1. The Labute approximate surface area is 84.8 Å². The molecule has 1 aliphatic carbocycles. The smallest absolute Gasteiger partial charge is 0.236 e. The SMILES string of the molecule is CC1CC(N2CCNCC2C(N)=O)C1. The summed E-state index contributed by atoms with van der Waals surface area (Å²) in [6, 6.07) is 0.519. The molecule has 1 amide bonds. The number of rotatable bonds is 2. The van der Waals surface area contributed by atoms with Gasteiger partial charge in [-0.2, -0.15) is 0 Å². The number of carbonyl (C=O) groups is 1. The normalized spacial score (nSPS) is 39.1. The molecule has 1 saturated heterocycles. The highest BCUT2D eigenvalue weighted by molar-refractivity contribution is 5.80. The van der Waals surface area contributed by atoms with Gasteiger partial charge in [0.25, 0.3) is 0 Å². The summed E-state index contributed by atoms with van der Waals surface area (Å²) in [6.07, 6.45) is 2.45. The molecule has 0 bridgehead atoms. The average molecular weight is 197 g/mol. The molecule has 4 nitrogen and oxygen atoms in total. The van der Waals surface area contributed by atoms with Gasteiger partial charge in [0, 0.05) is 25.7 Å². The zero-order chi connectivity index (χ0) is 10.1. The van der Waals surface area contributed by atoms with E-state index in [2.05, 4.69) is 17.1 Å². The van der Waals surface area contributed by atoms with E-state index in [-0.39, 0.29) is 11.9 Å². The van der Waals surface area contributed by atoms with Crippen LogP contribution in [-0.2, 0) is 4.79 Å². The summed E-state index contributed by atoms with van der Waals surface area (Å²) in [5.41, 5.74) is 5.39. The van der Waals surface area contributed by atoms with E-state index in [4.69, 9.17) is 5.73 Å². The van der Waals surface area contributed by atoms with E-state index in [1.165, 1.54) is 12.8 Å². The second-order valence-electron chi connectivity index (χ2n) is 4.59. The molecule has 3 N–H and O–H groups in total. The number of hydrogen-bond donors (Lipinski definition) is 2. The van der Waals surface area contributed by atoms with Crippen LogP contribution >= 0.6 is 0 Å². The maximum absolute atomic E-state index is 11.2. The maximum atomic E-state index is 11.2. The third-order valence-electron chi connectivity index (χ3n) is 3.43. The third-order valence-corrected chi connectivity index (χ3v) is 3.43. The first-order chi connectivity index (χ1) is 6.68. The van der Waals surface area contributed by atoms with Crippen molar-refractivity contribution < 1.29 is 4.79 Å². The fourth-order valence-corrected chi connectivity index (χ4v) is 2.55. The fraction of sp³-hybridized carbons (Fsp3) is 0.900. The van der Waals surface area contributed by atoms with E-state index in [0.717, 1.165) is 25.6 Å². The molecule has 1 unspecified atom stereocenters. The lowest BCUT2D eigenvalue weighted by molar-refractivity contribution is -0.126. The number of hydrogen-bond acceptors (Lipinski definition) is 3. The summed E-state index contributed by atoms with van der Waals surface area (Å²) in [4.78, 5) is 13.5. The summed E-state index contributed by atoms with van der Waals surface area (Å²) >= 11 is 0. The number of nitrogens with zero attached hydrogens (tertiary/aromatic N) is 1. The van der Waals surface area contributed by atoms with E-state index in [1.807, 2.05) is 0 Å². The molecule has 4 heteroatoms. The van der Waals surface area contributed by atoms with E-state index < -0.39 is 0 Å². The summed E-state index contributed by atoms with van der Waals surface area (Å²) in [6.45, 7) is 4.93. The minimum Gasteiger partial charge on any atom is -0.368 e. The Hall–Kier alpha value is -0.610. The molecule has 0 radical (unpaired) electrons. The lowest BCUT2D eigenvalue weighted by atomic mass is 9.80. The van der Waals surface area contributed by atoms with Crippen molar-refractivity contribution in [3.05, 3.63) is 0 Å². The molecule has 2 rings (SSSR count). The molecule has 1 atom stereocenters. The number of nitrogens with two attached hydrogens (primary N) is 1. The highest BCUT2D eigenvalue weighted by Crippen LogP contribution is 2.32. The minimum atomic E-state index is -0.184. The van der Waals surface area contributed by atoms with Crippen LogP contribution < -0.4 is 11.1 Å². The van der Waals surface area contributed by atoms with Gasteiger partial charge in [-0.15, -0.1) is 0 Å². The lowest BCUT2D eigenvalue weighted by Gasteiger charge is -2.46. The van der Waals surface area contributed by atoms with Gasteiger partial charge in [-0.3, -0.25) is 9.69 Å². The van der Waals surface area contributed by atoms with Gasteiger partial charge in [-0.25, -0.2) is 0 Å². The summed E-state index contributed by atoms with van der Waals surface area (Å²) in [5.74, 6) is 0.639. The van der Waals surface area contributed by atoms with Crippen LogP contribution in [0.2, 0.25) is 0 Å². The molecule has 1 saturated carbocycles. The second-order valence-corrected chi connectivity index (χ2v) is 4.59. The molecule has 0 aromatic heterocycles. The molecule has 0 spiro atoms. The Bertz CT molecular complexity index is 225. The van der Waals surface area contributed by atoms with Crippen LogP contribution in [0.25, 0.3) is 0 Å². The monoisotopic (exact) mass is 197 g/mol. The van der Waals surface area contributed by atoms with Gasteiger partial charge in [-0.05, 0) is 18.8 Å². The average Bonchev–Trinajstić information content (AvgIpc) is 2.13. The number of primary amides is 1. The van der Waals surface area contributed by atoms with Gasteiger partial charge >= 0.3 is 0 Å². The van der Waals surface area contributed by atoms with Crippen molar-refractivity contribution in [2.75, 3.05) is 19.6 Å². The first-order valence-corrected chi connectivity index (χ1v) is 5.44. The highest BCUT2D eigenvalue weighted by Gasteiger charge is 2.37. The predicted molar refractivity (Wildman–Crippen MR) is 54.7 cm³/mol. The third kappa shape index (κ3) is 1.77. The molecular formula is C10H19N3O. The van der Waals surface area contributed by atoms with E-state index in [0.29, 0.717) is 6.04 Å². The van der Waals surface area contributed by atoms with E-state index >= 15 is 0 Å². The van der Waals surface area contributed by atoms with Crippen molar-refractivity contribution in [2.24, 2.45) is 11.7 Å². The Balaban J connectivity index is 1.96. The molecule has 0 aromatic carbocycles. The van der Waals surface area contributed by atoms with Crippen LogP contribution in [0.15, 0.2) is 0 Å². The van der Waals surface area contributed by atoms with Crippen LogP contribution in [0, 0.1) is 5.92 Å². The first kappa shape index (κ1) is 9.93. The standard InChI is InChI=1S/C10H19N3O/c1-7-4-8(5-7)13-3-2-12-6-9(13)10(11)14/h7-9,12H,2-6H2,1H3,(H2,11,14). The zero-order valence-electron chi connectivity index (χ0n) is 8.70. The van der Waals surface area contributed by atoms with Gasteiger partial charge in [0.2, 0.25) is 5.91 Å². The molecule has 1 heterocycles. The molecule has 1 aliphatic heterocycles. The predicted octanol–water partition coefficient (Wildman–Crippen LogP) is -0.456. The van der Waals surface area contributed by atoms with Crippen molar-refractivity contribution in [2.45, 2.75) is 31.8 Å². The Morgan fingerprint density at radius 3 is 2.79 bits per heavy atom. The van der Waals surface area contributed by atoms with Gasteiger partial charge in [0.05, 0.1) is 0 Å². The van der Waals surface area contributed by atoms with Crippen LogP contribution in [-0.4, -0.2) is 42.5 Å². The van der Waals surface area contributed by atoms with Crippen molar-refractivity contribution in [3.63, 3.8) is 0 Å². The fourth-order valence-electron chi connectivity index (χ4n) is 2.55. The van der Waals surface area contributed by atoms with Crippen LogP contribution in [0.1, 0.15) is 19.8 Å². The second kappa shape index (κ2) is 3.87. The number of piperazine rings is 1. The minimum absolute atomic E-state index is 0.0822. The summed E-state index contributed by atoms with van der Waals surface area (Å²) in [7, 11) is 0. The lowest BCUT2D eigenvalue weighted by Crippen LogP contribution is -2.62. The van der Waals surface area contributed by atoms with Crippen molar-refractivity contribution >= 4 is 5.91 Å². The molecule has 0 aromatic rings. The Kier molecular flexibility index (Phi) is 2.74. The van der Waals surface area contributed by atoms with Crippen molar-refractivity contribution in [3.8, 4) is 0 Å². The maximum Gasteiger partial charge on any atom is 0.236 e. The quantitative estimate of drug-likeness (QED) is 0.630. The van der Waals surface area contributed by atoms with E-state index in [9.17, 15) is 4.79 Å². The zero-order valence-corrected chi connectivity index (χ0v) is 8.70.